The summed E-state index contributed by atoms with van der Waals surface area (Å²) in [6.07, 6.45) is 1.17. The summed E-state index contributed by atoms with van der Waals surface area (Å²) in [6, 6.07) is 5.86. The molecule has 2 rings (SSSR count). The Morgan fingerprint density at radius 1 is 1.48 bits per heavy atom. The second-order valence-corrected chi connectivity index (χ2v) is 6.80. The number of hydrogen-bond donors (Lipinski definition) is 0. The molecule has 1 aliphatic rings. The van der Waals surface area contributed by atoms with Crippen LogP contribution in [0.2, 0.25) is 0 Å². The highest BCUT2D eigenvalue weighted by molar-refractivity contribution is 5.69. The Morgan fingerprint density at radius 2 is 2.20 bits per heavy atom. The number of carbonyl (C=O) groups excluding carboxylic acids is 1. The van der Waals surface area contributed by atoms with Crippen LogP contribution in [0.25, 0.3) is 0 Å². The van der Waals surface area contributed by atoms with Crippen LogP contribution in [0, 0.1) is 21.4 Å². The van der Waals surface area contributed by atoms with Gasteiger partial charge in [0.05, 0.1) is 11.0 Å². The molecule has 8 heteroatoms. The Morgan fingerprint density at radius 3 is 2.80 bits per heavy atom. The second-order valence-electron chi connectivity index (χ2n) is 6.80. The van der Waals surface area contributed by atoms with Gasteiger partial charge in [0.15, 0.2) is 5.56 Å². The van der Waals surface area contributed by atoms with E-state index in [0.29, 0.717) is 6.54 Å². The first-order chi connectivity index (χ1) is 11.7. The normalized spacial score (nSPS) is 17.0. The van der Waals surface area contributed by atoms with Crippen LogP contribution in [0.1, 0.15) is 39.2 Å². The first-order valence-electron chi connectivity index (χ1n) is 8.03. The van der Waals surface area contributed by atoms with Gasteiger partial charge in [-0.05, 0) is 39.7 Å². The molecule has 1 heterocycles. The zero-order chi connectivity index (χ0) is 18.6. The molecule has 1 aromatic rings. The average molecular weight is 347 g/mol. The molecule has 0 unspecified atom stereocenters. The highest BCUT2D eigenvalue weighted by Gasteiger charge is 2.33. The molecule has 134 valence electrons. The number of likely N-dealkylation sites (tertiary alicyclic amines) is 1. The minimum atomic E-state index is -0.617. The summed E-state index contributed by atoms with van der Waals surface area (Å²) in [5, 5.41) is 20.2. The summed E-state index contributed by atoms with van der Waals surface area (Å²) >= 11 is 0. The fourth-order valence-electron chi connectivity index (χ4n) is 2.66. The number of amides is 1. The Bertz CT molecular complexity index is 705. The third-order valence-electron chi connectivity index (χ3n) is 3.75. The van der Waals surface area contributed by atoms with Crippen molar-refractivity contribution in [3.63, 3.8) is 0 Å². The molecule has 0 N–H and O–H groups in total. The van der Waals surface area contributed by atoms with Crippen molar-refractivity contribution >= 4 is 11.8 Å². The van der Waals surface area contributed by atoms with E-state index in [9.17, 15) is 20.2 Å². The summed E-state index contributed by atoms with van der Waals surface area (Å²) in [6.45, 7) is 6.12. The van der Waals surface area contributed by atoms with Crippen molar-refractivity contribution in [3.8, 4) is 11.8 Å². The second kappa shape index (κ2) is 7.38. The van der Waals surface area contributed by atoms with Gasteiger partial charge in [-0.1, -0.05) is 6.07 Å². The minimum Gasteiger partial charge on any atom is -0.490 e. The summed E-state index contributed by atoms with van der Waals surface area (Å²) in [7, 11) is 0. The molecule has 1 saturated heterocycles. The molecule has 0 aromatic heterocycles. The van der Waals surface area contributed by atoms with E-state index in [2.05, 4.69) is 0 Å². The first kappa shape index (κ1) is 18.5. The lowest BCUT2D eigenvalue weighted by atomic mass is 10.1. The monoisotopic (exact) mass is 347 g/mol. The van der Waals surface area contributed by atoms with E-state index in [0.717, 1.165) is 12.8 Å². The zero-order valence-corrected chi connectivity index (χ0v) is 14.5. The van der Waals surface area contributed by atoms with Crippen molar-refractivity contribution in [1.82, 2.24) is 4.90 Å². The third kappa shape index (κ3) is 4.59. The maximum atomic E-state index is 12.3. The maximum absolute atomic E-state index is 12.3. The van der Waals surface area contributed by atoms with Gasteiger partial charge in [-0.2, -0.15) is 5.26 Å². The van der Waals surface area contributed by atoms with Gasteiger partial charge in [0.25, 0.3) is 5.69 Å². The number of nitrogens with zero attached hydrogens (tertiary/aromatic N) is 3. The molecule has 0 radical (unpaired) electrons. The summed E-state index contributed by atoms with van der Waals surface area (Å²) in [5.74, 6) is 0.146. The van der Waals surface area contributed by atoms with E-state index in [4.69, 9.17) is 9.47 Å². The molecule has 1 atom stereocenters. The molecule has 1 fully saturated rings. The topological polar surface area (TPSA) is 106 Å². The quantitative estimate of drug-likeness (QED) is 0.611. The van der Waals surface area contributed by atoms with Gasteiger partial charge in [0, 0.05) is 12.6 Å². The fraction of sp³-hybridized carbons (Fsp3) is 0.529. The number of ether oxygens (including phenoxy) is 2. The number of nitro groups is 1. The predicted molar refractivity (Wildman–Crippen MR) is 89.3 cm³/mol. The van der Waals surface area contributed by atoms with Gasteiger partial charge in [-0.15, -0.1) is 0 Å². The number of nitriles is 1. The van der Waals surface area contributed by atoms with E-state index in [1.165, 1.54) is 18.2 Å². The van der Waals surface area contributed by atoms with E-state index < -0.39 is 16.6 Å². The lowest BCUT2D eigenvalue weighted by molar-refractivity contribution is -0.385. The summed E-state index contributed by atoms with van der Waals surface area (Å²) in [4.78, 5) is 24.2. The number of rotatable bonds is 4. The standard InChI is InChI=1S/C17H21N3O5/c1-17(2,3)25-16(21)19-9-5-6-12(19)11-24-15-8-4-7-14(20(22)23)13(15)10-18/h4,7-8,12H,5-6,9,11H2,1-3H3/t12-/m0/s1. The van der Waals surface area contributed by atoms with Crippen molar-refractivity contribution in [1.29, 1.82) is 5.26 Å². The predicted octanol–water partition coefficient (Wildman–Crippen LogP) is 3.24. The molecular weight excluding hydrogens is 326 g/mol. The molecule has 1 aliphatic heterocycles. The van der Waals surface area contributed by atoms with Gasteiger partial charge in [-0.3, -0.25) is 10.1 Å². The number of carbonyl (C=O) groups is 1. The molecule has 0 saturated carbocycles. The highest BCUT2D eigenvalue weighted by atomic mass is 16.6. The van der Waals surface area contributed by atoms with Crippen molar-refractivity contribution in [2.75, 3.05) is 13.2 Å². The van der Waals surface area contributed by atoms with Crippen LogP contribution >= 0.6 is 0 Å². The van der Waals surface area contributed by atoms with Crippen LogP contribution in [0.3, 0.4) is 0 Å². The van der Waals surface area contributed by atoms with Crippen molar-refractivity contribution in [2.24, 2.45) is 0 Å². The van der Waals surface area contributed by atoms with E-state index in [-0.39, 0.29) is 29.6 Å². The van der Waals surface area contributed by atoms with Gasteiger partial charge in [0.1, 0.15) is 24.0 Å². The van der Waals surface area contributed by atoms with Crippen LogP contribution < -0.4 is 4.74 Å². The number of hydrogen-bond acceptors (Lipinski definition) is 6. The van der Waals surface area contributed by atoms with Crippen molar-refractivity contribution in [3.05, 3.63) is 33.9 Å². The lowest BCUT2D eigenvalue weighted by Gasteiger charge is -2.28. The molecule has 1 amide bonds. The fourth-order valence-corrected chi connectivity index (χ4v) is 2.66. The molecule has 25 heavy (non-hydrogen) atoms. The highest BCUT2D eigenvalue weighted by Crippen LogP contribution is 2.28. The Balaban J connectivity index is 2.08. The van der Waals surface area contributed by atoms with Crippen LogP contribution in [-0.4, -0.2) is 40.7 Å². The van der Waals surface area contributed by atoms with Crippen molar-refractivity contribution in [2.45, 2.75) is 45.3 Å². The molecular formula is C17H21N3O5. The zero-order valence-electron chi connectivity index (χ0n) is 14.5. The first-order valence-corrected chi connectivity index (χ1v) is 8.03. The van der Waals surface area contributed by atoms with Gasteiger partial charge in [0.2, 0.25) is 0 Å². The van der Waals surface area contributed by atoms with E-state index in [1.54, 1.807) is 25.7 Å². The van der Waals surface area contributed by atoms with Crippen LogP contribution in [0.5, 0.6) is 5.75 Å². The number of nitro benzene ring substituents is 1. The Hall–Kier alpha value is -2.82. The molecule has 1 aromatic carbocycles. The summed E-state index contributed by atoms with van der Waals surface area (Å²) < 4.78 is 11.0. The van der Waals surface area contributed by atoms with Crippen molar-refractivity contribution < 1.29 is 19.2 Å². The average Bonchev–Trinajstić information content (AvgIpc) is 2.99. The van der Waals surface area contributed by atoms with Crippen LogP contribution in [0.4, 0.5) is 10.5 Å². The molecule has 0 aliphatic carbocycles. The molecule has 0 spiro atoms. The third-order valence-corrected chi connectivity index (χ3v) is 3.75. The molecule has 0 bridgehead atoms. The molecule has 8 nitrogen and oxygen atoms in total. The van der Waals surface area contributed by atoms with E-state index in [1.807, 2.05) is 6.07 Å². The van der Waals surface area contributed by atoms with Gasteiger partial charge in [-0.25, -0.2) is 4.79 Å². The van der Waals surface area contributed by atoms with E-state index >= 15 is 0 Å². The SMILES string of the molecule is CC(C)(C)OC(=O)N1CCC[C@H]1COc1cccc([N+](=O)[O-])c1C#N. The largest absolute Gasteiger partial charge is 0.490 e. The Kier molecular flexibility index (Phi) is 5.47. The lowest BCUT2D eigenvalue weighted by Crippen LogP contribution is -2.42. The smallest absolute Gasteiger partial charge is 0.410 e. The minimum absolute atomic E-state index is 0.116. The van der Waals surface area contributed by atoms with Crippen LogP contribution in [0.15, 0.2) is 18.2 Å². The maximum Gasteiger partial charge on any atom is 0.410 e. The summed E-state index contributed by atoms with van der Waals surface area (Å²) in [5.41, 5.74) is -0.997. The Labute approximate surface area is 146 Å². The van der Waals surface area contributed by atoms with Gasteiger partial charge >= 0.3 is 6.09 Å². The van der Waals surface area contributed by atoms with Crippen LogP contribution in [-0.2, 0) is 4.74 Å². The number of benzene rings is 1. The van der Waals surface area contributed by atoms with Gasteiger partial charge < -0.3 is 14.4 Å².